The zero-order chi connectivity index (χ0) is 39.6. The minimum Gasteiger partial charge on any atom is -0.379 e. The molecule has 24 heteroatoms. The first-order valence-corrected chi connectivity index (χ1v) is 17.3. The van der Waals surface area contributed by atoms with Gasteiger partial charge in [-0.1, -0.05) is 64.7 Å². The molecule has 0 bridgehead atoms. The molecule has 2 aliphatic rings. The Bertz CT molecular complexity index is 1180. The van der Waals surface area contributed by atoms with Crippen LogP contribution in [0.15, 0.2) is 0 Å². The summed E-state index contributed by atoms with van der Waals surface area (Å²) in [5.74, 6) is -58.0. The van der Waals surface area contributed by atoms with Gasteiger partial charge in [0.1, 0.15) is 5.54 Å². The van der Waals surface area contributed by atoms with E-state index in [-0.39, 0.29) is 30.7 Å². The van der Waals surface area contributed by atoms with Gasteiger partial charge >= 0.3 is 55.3 Å². The molecule has 2 aliphatic heterocycles. The molecule has 0 amide bonds. The molecule has 6 nitrogen and oxygen atoms in total. The Kier molecular flexibility index (Phi) is 14.3. The first-order valence-electron chi connectivity index (χ1n) is 15.7. The molecular weight excluding hydrogens is 770 g/mol. The maximum absolute atomic E-state index is 16.3. The highest BCUT2D eigenvalue weighted by atomic mass is 31.2. The van der Waals surface area contributed by atoms with Gasteiger partial charge in [0.2, 0.25) is 0 Å². The Morgan fingerprint density at radius 1 is 0.569 bits per heavy atom. The molecule has 2 heterocycles. The van der Waals surface area contributed by atoms with Crippen LogP contribution in [0.1, 0.15) is 71.1 Å². The van der Waals surface area contributed by atoms with Crippen molar-refractivity contribution in [2.45, 2.75) is 124 Å². The van der Waals surface area contributed by atoms with E-state index in [2.05, 4.69) is 0 Å². The summed E-state index contributed by atoms with van der Waals surface area (Å²) in [6.07, 6.45) is -5.77. The van der Waals surface area contributed by atoms with E-state index in [1.54, 1.807) is 0 Å². The van der Waals surface area contributed by atoms with Gasteiger partial charge in [-0.2, -0.15) is 74.6 Å². The quantitative estimate of drug-likeness (QED) is 0.0798. The summed E-state index contributed by atoms with van der Waals surface area (Å²) in [6.45, 7) is -3.98. The fourth-order valence-electron chi connectivity index (χ4n) is 5.82. The van der Waals surface area contributed by atoms with Crippen LogP contribution in [0.25, 0.3) is 0 Å². The summed E-state index contributed by atoms with van der Waals surface area (Å²) in [6, 6.07) is 0. The van der Waals surface area contributed by atoms with Gasteiger partial charge in [-0.3, -0.25) is 4.57 Å². The van der Waals surface area contributed by atoms with Gasteiger partial charge in [-0.15, -0.1) is 0 Å². The summed E-state index contributed by atoms with van der Waals surface area (Å²) in [4.78, 5) is 11.0. The summed E-state index contributed by atoms with van der Waals surface area (Å²) in [5, 5.41) is 0. The summed E-state index contributed by atoms with van der Waals surface area (Å²) in [5.41, 5.74) is -4.29. The van der Waals surface area contributed by atoms with Crippen molar-refractivity contribution in [1.29, 1.82) is 0 Å². The molecule has 2 rings (SSSR count). The topological polar surface area (TPSA) is 62.2 Å². The number of ether oxygens (including phenoxy) is 2. The maximum Gasteiger partial charge on any atom is 0.460 e. The van der Waals surface area contributed by atoms with Gasteiger partial charge in [0.05, 0.1) is 26.4 Å². The van der Waals surface area contributed by atoms with Crippen molar-refractivity contribution in [2.75, 3.05) is 46.1 Å². The molecular formula is C27H38F17N2O4P. The molecule has 0 aromatic heterocycles. The van der Waals surface area contributed by atoms with E-state index in [0.717, 1.165) is 25.7 Å². The number of alkyl halides is 17. The van der Waals surface area contributed by atoms with Crippen LogP contribution in [0.4, 0.5) is 74.6 Å². The van der Waals surface area contributed by atoms with Crippen molar-refractivity contribution >= 4 is 7.67 Å². The Morgan fingerprint density at radius 2 is 0.961 bits per heavy atom. The standard InChI is InChI=1S/C27H38F17N2O4P/c1-2-3-4-5-6-7-8-9-10-11-19(18-50-17-14-46(19)51(47,48)45-12-15-49-16-13-45)20(28,29)21(30,31)22(32,33)23(34,35)24(36,37)25(38,39)26(40,41)27(42,43)44/h2-18H2,1H3,(H,47,48). The van der Waals surface area contributed by atoms with Crippen molar-refractivity contribution in [2.24, 2.45) is 0 Å². The van der Waals surface area contributed by atoms with Gasteiger partial charge in [0, 0.05) is 19.6 Å². The zero-order valence-electron chi connectivity index (χ0n) is 27.0. The highest BCUT2D eigenvalue weighted by Gasteiger charge is 2.96. The minimum atomic E-state index is -8.78. The van der Waals surface area contributed by atoms with Crippen LogP contribution in [0.5, 0.6) is 0 Å². The molecule has 0 aliphatic carbocycles. The third kappa shape index (κ3) is 7.85. The Hall–Kier alpha value is -1.16. The maximum atomic E-state index is 16.3. The van der Waals surface area contributed by atoms with E-state index in [1.165, 1.54) is 0 Å². The number of hydrogen-bond donors (Lipinski definition) is 1. The molecule has 0 spiro atoms. The Balaban J connectivity index is 2.68. The van der Waals surface area contributed by atoms with Crippen LogP contribution < -0.4 is 0 Å². The minimum absolute atomic E-state index is 0.175. The molecule has 0 aromatic rings. The van der Waals surface area contributed by atoms with Crippen LogP contribution in [0.2, 0.25) is 0 Å². The van der Waals surface area contributed by atoms with Crippen LogP contribution in [-0.2, 0) is 14.0 Å². The lowest BCUT2D eigenvalue weighted by atomic mass is 9.78. The van der Waals surface area contributed by atoms with E-state index in [9.17, 15) is 66.5 Å². The molecule has 2 atom stereocenters. The predicted octanol–water partition coefficient (Wildman–Crippen LogP) is 9.42. The lowest BCUT2D eigenvalue weighted by molar-refractivity contribution is -0.466. The number of halogens is 17. The molecule has 0 aromatic carbocycles. The van der Waals surface area contributed by atoms with Crippen molar-refractivity contribution in [1.82, 2.24) is 9.34 Å². The molecule has 0 radical (unpaired) electrons. The smallest absolute Gasteiger partial charge is 0.379 e. The predicted molar refractivity (Wildman–Crippen MR) is 145 cm³/mol. The Labute approximate surface area is 281 Å². The van der Waals surface area contributed by atoms with Crippen molar-refractivity contribution in [3.63, 3.8) is 0 Å². The third-order valence-electron chi connectivity index (χ3n) is 8.95. The van der Waals surface area contributed by atoms with Gasteiger partial charge in [-0.05, 0) is 6.42 Å². The lowest BCUT2D eigenvalue weighted by Gasteiger charge is -2.55. The summed E-state index contributed by atoms with van der Waals surface area (Å²) >= 11 is 0. The Morgan fingerprint density at radius 3 is 1.41 bits per heavy atom. The number of nitrogens with zero attached hydrogens (tertiary/aromatic N) is 2. The first-order chi connectivity index (χ1) is 23.0. The second-order valence-electron chi connectivity index (χ2n) is 12.4. The number of unbranched alkanes of at least 4 members (excludes halogenated alkanes) is 8. The fourth-order valence-corrected chi connectivity index (χ4v) is 7.94. The second kappa shape index (κ2) is 15.9. The second-order valence-corrected chi connectivity index (χ2v) is 14.5. The molecule has 2 fully saturated rings. The van der Waals surface area contributed by atoms with Gasteiger partial charge in [0.15, 0.2) is 0 Å². The monoisotopic (exact) mass is 808 g/mol. The van der Waals surface area contributed by atoms with Crippen LogP contribution >= 0.6 is 7.67 Å². The normalized spacial score (nSPS) is 23.0. The van der Waals surface area contributed by atoms with Gasteiger partial charge < -0.3 is 14.4 Å². The largest absolute Gasteiger partial charge is 0.460 e. The van der Waals surface area contributed by atoms with Gasteiger partial charge in [-0.25, -0.2) is 9.34 Å². The lowest BCUT2D eigenvalue weighted by Crippen LogP contribution is -2.79. The van der Waals surface area contributed by atoms with Crippen LogP contribution in [-0.4, -0.2) is 113 Å². The molecule has 2 unspecified atom stereocenters. The fraction of sp³-hybridized carbons (Fsp3) is 1.00. The SMILES string of the molecule is CCCCCCCCCCCC1(C(F)(F)C(F)(F)C(F)(F)C(F)(F)C(F)(F)C(F)(F)C(F)(F)C(F)(F)F)COCCN1P(=O)(O)N1CCOCC1. The zero-order valence-corrected chi connectivity index (χ0v) is 27.9. The van der Waals surface area contributed by atoms with E-state index in [1.807, 2.05) is 6.92 Å². The van der Waals surface area contributed by atoms with Crippen LogP contribution in [0, 0.1) is 0 Å². The average Bonchev–Trinajstić information content (AvgIpc) is 3.03. The van der Waals surface area contributed by atoms with Crippen molar-refractivity contribution < 1.29 is 93.6 Å². The first kappa shape index (κ1) is 46.0. The van der Waals surface area contributed by atoms with E-state index >= 15 is 17.6 Å². The highest BCUT2D eigenvalue weighted by Crippen LogP contribution is 2.67. The summed E-state index contributed by atoms with van der Waals surface area (Å²) in [7, 11) is -5.63. The number of rotatable bonds is 19. The summed E-state index contributed by atoms with van der Waals surface area (Å²) < 4.78 is 266. The van der Waals surface area contributed by atoms with Gasteiger partial charge in [0.25, 0.3) is 0 Å². The average molecular weight is 809 g/mol. The van der Waals surface area contributed by atoms with E-state index in [4.69, 9.17) is 9.47 Å². The molecule has 0 saturated carbocycles. The van der Waals surface area contributed by atoms with Crippen molar-refractivity contribution in [3.8, 4) is 0 Å². The molecule has 2 saturated heterocycles. The van der Waals surface area contributed by atoms with Crippen LogP contribution in [0.3, 0.4) is 0 Å². The number of hydrogen-bond acceptors (Lipinski definition) is 3. The van der Waals surface area contributed by atoms with E-state index in [0.29, 0.717) is 17.5 Å². The third-order valence-corrected chi connectivity index (χ3v) is 11.3. The van der Waals surface area contributed by atoms with E-state index < -0.39 is 107 Å². The molecule has 304 valence electrons. The molecule has 1 N–H and O–H groups in total. The number of morpholine rings is 2. The highest BCUT2D eigenvalue weighted by molar-refractivity contribution is 7.53. The molecule has 51 heavy (non-hydrogen) atoms. The van der Waals surface area contributed by atoms with Crippen molar-refractivity contribution in [3.05, 3.63) is 0 Å².